The Labute approximate surface area is 102 Å². The van der Waals surface area contributed by atoms with Crippen molar-refractivity contribution in [2.75, 3.05) is 13.2 Å². The summed E-state index contributed by atoms with van der Waals surface area (Å²) in [7, 11) is 0. The molecule has 1 aliphatic rings. The summed E-state index contributed by atoms with van der Waals surface area (Å²) in [6.07, 6.45) is 2.61. The van der Waals surface area contributed by atoms with Crippen molar-refractivity contribution < 1.29 is 9.53 Å². The summed E-state index contributed by atoms with van der Waals surface area (Å²) in [6, 6.07) is 7.86. The van der Waals surface area contributed by atoms with Crippen LogP contribution in [0.4, 0.5) is 0 Å². The number of carbonyl (C=O) groups is 1. The smallest absolute Gasteiger partial charge is 0.154 e. The van der Waals surface area contributed by atoms with Crippen molar-refractivity contribution in [3.63, 3.8) is 0 Å². The van der Waals surface area contributed by atoms with Gasteiger partial charge in [-0.2, -0.15) is 0 Å². The Hall–Kier alpha value is -1.35. The highest BCUT2D eigenvalue weighted by molar-refractivity contribution is 5.86. The van der Waals surface area contributed by atoms with Gasteiger partial charge in [-0.3, -0.25) is 4.79 Å². The average Bonchev–Trinajstić information content (AvgIpc) is 2.86. The van der Waals surface area contributed by atoms with E-state index in [9.17, 15) is 4.79 Å². The number of ketones is 1. The lowest BCUT2D eigenvalue weighted by Crippen LogP contribution is -2.31. The summed E-state index contributed by atoms with van der Waals surface area (Å²) in [5, 5.41) is 3.23. The van der Waals surface area contributed by atoms with Crippen molar-refractivity contribution >= 4 is 5.78 Å². The van der Waals surface area contributed by atoms with Crippen LogP contribution in [0.5, 0.6) is 5.75 Å². The normalized spacial score (nSPS) is 19.2. The molecule has 1 N–H and O–H groups in total. The minimum Gasteiger partial charge on any atom is -0.494 e. The number of benzene rings is 1. The summed E-state index contributed by atoms with van der Waals surface area (Å²) in [6.45, 7) is 3.60. The standard InChI is InChI=1S/C14H19NO2/c1-2-17-12-7-5-11(6-8-12)10-14(16)13-4-3-9-15-13/h5-8,13,15H,2-4,9-10H2,1H3. The van der Waals surface area contributed by atoms with Crippen LogP contribution >= 0.6 is 0 Å². The molecule has 1 fully saturated rings. The van der Waals surface area contributed by atoms with E-state index in [0.29, 0.717) is 18.8 Å². The SMILES string of the molecule is CCOc1ccc(CC(=O)C2CCCN2)cc1. The molecule has 0 amide bonds. The first-order chi connectivity index (χ1) is 8.29. The molecule has 1 aromatic carbocycles. The van der Waals surface area contributed by atoms with Gasteiger partial charge in [-0.15, -0.1) is 0 Å². The molecule has 17 heavy (non-hydrogen) atoms. The molecule has 1 aliphatic heterocycles. The third-order valence-electron chi connectivity index (χ3n) is 3.06. The van der Waals surface area contributed by atoms with E-state index in [1.807, 2.05) is 31.2 Å². The third-order valence-corrected chi connectivity index (χ3v) is 3.06. The second-order valence-electron chi connectivity index (χ2n) is 4.37. The topological polar surface area (TPSA) is 38.3 Å². The van der Waals surface area contributed by atoms with E-state index in [0.717, 1.165) is 30.7 Å². The Morgan fingerprint density at radius 2 is 2.18 bits per heavy atom. The number of rotatable bonds is 5. The summed E-state index contributed by atoms with van der Waals surface area (Å²) in [5.41, 5.74) is 1.06. The maximum absolute atomic E-state index is 11.9. The lowest BCUT2D eigenvalue weighted by atomic mass is 10.0. The zero-order valence-electron chi connectivity index (χ0n) is 10.2. The highest BCUT2D eigenvalue weighted by Gasteiger charge is 2.21. The largest absolute Gasteiger partial charge is 0.494 e. The van der Waals surface area contributed by atoms with E-state index in [2.05, 4.69) is 5.32 Å². The maximum atomic E-state index is 11.9. The van der Waals surface area contributed by atoms with Crippen molar-refractivity contribution in [2.24, 2.45) is 0 Å². The van der Waals surface area contributed by atoms with Gasteiger partial charge in [0.15, 0.2) is 5.78 Å². The third kappa shape index (κ3) is 3.30. The van der Waals surface area contributed by atoms with Crippen molar-refractivity contribution in [3.8, 4) is 5.75 Å². The highest BCUT2D eigenvalue weighted by atomic mass is 16.5. The second-order valence-corrected chi connectivity index (χ2v) is 4.37. The zero-order valence-corrected chi connectivity index (χ0v) is 10.2. The van der Waals surface area contributed by atoms with Crippen LogP contribution in [0.25, 0.3) is 0 Å². The molecule has 1 atom stereocenters. The number of Topliss-reactive ketones (excluding diaryl/α,β-unsaturated/α-hetero) is 1. The fraction of sp³-hybridized carbons (Fsp3) is 0.500. The van der Waals surface area contributed by atoms with Gasteiger partial charge in [-0.05, 0) is 44.0 Å². The first-order valence-electron chi connectivity index (χ1n) is 6.27. The summed E-state index contributed by atoms with van der Waals surface area (Å²) in [4.78, 5) is 11.9. The number of hydrogen-bond acceptors (Lipinski definition) is 3. The van der Waals surface area contributed by atoms with Crippen LogP contribution in [0, 0.1) is 0 Å². The number of carbonyl (C=O) groups excluding carboxylic acids is 1. The predicted octanol–water partition coefficient (Wildman–Crippen LogP) is 1.95. The van der Waals surface area contributed by atoms with E-state index in [1.165, 1.54) is 0 Å². The molecule has 1 saturated heterocycles. The van der Waals surface area contributed by atoms with Crippen LogP contribution in [-0.2, 0) is 11.2 Å². The Bertz CT molecular complexity index is 366. The molecular formula is C14H19NO2. The molecule has 3 nitrogen and oxygen atoms in total. The van der Waals surface area contributed by atoms with Crippen molar-refractivity contribution in [1.29, 1.82) is 0 Å². The van der Waals surface area contributed by atoms with Crippen molar-refractivity contribution in [3.05, 3.63) is 29.8 Å². The van der Waals surface area contributed by atoms with Gasteiger partial charge in [-0.1, -0.05) is 12.1 Å². The number of ether oxygens (including phenoxy) is 1. The van der Waals surface area contributed by atoms with Crippen LogP contribution in [0.2, 0.25) is 0 Å². The molecule has 92 valence electrons. The molecule has 1 unspecified atom stereocenters. The molecule has 2 rings (SSSR count). The van der Waals surface area contributed by atoms with Gasteiger partial charge in [0, 0.05) is 6.42 Å². The maximum Gasteiger partial charge on any atom is 0.154 e. The molecule has 1 aromatic rings. The molecular weight excluding hydrogens is 214 g/mol. The molecule has 0 aliphatic carbocycles. The van der Waals surface area contributed by atoms with Gasteiger partial charge >= 0.3 is 0 Å². The molecule has 0 saturated carbocycles. The second kappa shape index (κ2) is 5.82. The molecule has 3 heteroatoms. The molecule has 1 heterocycles. The molecule has 0 aromatic heterocycles. The fourth-order valence-corrected chi connectivity index (χ4v) is 2.15. The van der Waals surface area contributed by atoms with Gasteiger partial charge in [0.1, 0.15) is 5.75 Å². The van der Waals surface area contributed by atoms with Crippen LogP contribution in [0.3, 0.4) is 0 Å². The first kappa shape index (κ1) is 12.1. The summed E-state index contributed by atoms with van der Waals surface area (Å²) < 4.78 is 5.37. The van der Waals surface area contributed by atoms with Crippen molar-refractivity contribution in [1.82, 2.24) is 5.32 Å². The van der Waals surface area contributed by atoms with Gasteiger partial charge in [0.2, 0.25) is 0 Å². The Balaban J connectivity index is 1.91. The van der Waals surface area contributed by atoms with Gasteiger partial charge in [0.05, 0.1) is 12.6 Å². The van der Waals surface area contributed by atoms with E-state index >= 15 is 0 Å². The van der Waals surface area contributed by atoms with Crippen LogP contribution < -0.4 is 10.1 Å². The van der Waals surface area contributed by atoms with Gasteiger partial charge < -0.3 is 10.1 Å². The summed E-state index contributed by atoms with van der Waals surface area (Å²) in [5.74, 6) is 1.16. The lowest BCUT2D eigenvalue weighted by Gasteiger charge is -2.09. The fourth-order valence-electron chi connectivity index (χ4n) is 2.15. The van der Waals surface area contributed by atoms with E-state index in [1.54, 1.807) is 0 Å². The van der Waals surface area contributed by atoms with Crippen molar-refractivity contribution in [2.45, 2.75) is 32.2 Å². The average molecular weight is 233 g/mol. The zero-order chi connectivity index (χ0) is 12.1. The molecule has 0 radical (unpaired) electrons. The monoisotopic (exact) mass is 233 g/mol. The summed E-state index contributed by atoms with van der Waals surface area (Å²) >= 11 is 0. The van der Waals surface area contributed by atoms with E-state index in [-0.39, 0.29) is 6.04 Å². The van der Waals surface area contributed by atoms with Crippen LogP contribution in [0.1, 0.15) is 25.3 Å². The lowest BCUT2D eigenvalue weighted by molar-refractivity contribution is -0.120. The molecule has 0 spiro atoms. The Kier molecular flexibility index (Phi) is 4.15. The number of nitrogens with one attached hydrogen (secondary N) is 1. The Morgan fingerprint density at radius 3 is 2.76 bits per heavy atom. The minimum atomic E-state index is 0.0709. The predicted molar refractivity (Wildman–Crippen MR) is 67.3 cm³/mol. The minimum absolute atomic E-state index is 0.0709. The van der Waals surface area contributed by atoms with E-state index in [4.69, 9.17) is 4.74 Å². The first-order valence-corrected chi connectivity index (χ1v) is 6.27. The van der Waals surface area contributed by atoms with Crippen LogP contribution in [-0.4, -0.2) is 25.0 Å². The van der Waals surface area contributed by atoms with E-state index < -0.39 is 0 Å². The van der Waals surface area contributed by atoms with Gasteiger partial charge in [-0.25, -0.2) is 0 Å². The number of hydrogen-bond donors (Lipinski definition) is 1. The highest BCUT2D eigenvalue weighted by Crippen LogP contribution is 2.14. The van der Waals surface area contributed by atoms with Crippen LogP contribution in [0.15, 0.2) is 24.3 Å². The quantitative estimate of drug-likeness (QED) is 0.844. The van der Waals surface area contributed by atoms with Gasteiger partial charge in [0.25, 0.3) is 0 Å². The Morgan fingerprint density at radius 1 is 1.41 bits per heavy atom. The molecule has 0 bridgehead atoms.